The minimum Gasteiger partial charge on any atom is -0.464 e. The second kappa shape index (κ2) is 3.99. The maximum Gasteiger partial charge on any atom is 0.207 e. The van der Waals surface area contributed by atoms with E-state index < -0.39 is 9.84 Å². The molecule has 1 aliphatic carbocycles. The van der Waals surface area contributed by atoms with Crippen molar-refractivity contribution >= 4 is 9.84 Å². The summed E-state index contributed by atoms with van der Waals surface area (Å²) in [4.78, 5) is 0.578. The summed E-state index contributed by atoms with van der Waals surface area (Å²) in [6, 6.07) is 15.1. The zero-order chi connectivity index (χ0) is 12.6. The van der Waals surface area contributed by atoms with Crippen LogP contribution in [0.4, 0.5) is 0 Å². The van der Waals surface area contributed by atoms with Crippen LogP contribution in [-0.4, -0.2) is 8.42 Å². The Labute approximate surface area is 105 Å². The lowest BCUT2D eigenvalue weighted by atomic mass is 10.3. The van der Waals surface area contributed by atoms with Gasteiger partial charge in [-0.05, 0) is 36.4 Å². The van der Waals surface area contributed by atoms with Gasteiger partial charge >= 0.3 is 0 Å². The average molecular weight is 258 g/mol. The van der Waals surface area contributed by atoms with Crippen LogP contribution in [0.3, 0.4) is 0 Å². The van der Waals surface area contributed by atoms with Gasteiger partial charge in [-0.1, -0.05) is 18.2 Å². The van der Waals surface area contributed by atoms with Crippen LogP contribution in [0.25, 0.3) is 11.3 Å². The monoisotopic (exact) mass is 258 g/mol. The molecule has 0 N–H and O–H groups in total. The molecule has 1 heterocycles. The molecule has 0 amide bonds. The van der Waals surface area contributed by atoms with E-state index in [1.807, 2.05) is 0 Å². The smallest absolute Gasteiger partial charge is 0.207 e. The fourth-order valence-corrected chi connectivity index (χ4v) is 3.40. The minimum atomic E-state index is -3.48. The largest absolute Gasteiger partial charge is 0.464 e. The van der Waals surface area contributed by atoms with E-state index in [0.717, 1.165) is 0 Å². The molecule has 3 nitrogen and oxygen atoms in total. The first-order valence-electron chi connectivity index (χ1n) is 5.46. The molecule has 90 valence electrons. The highest BCUT2D eigenvalue weighted by Gasteiger charge is 2.24. The SMILES string of the molecule is O=S(=O)(c1ccccc1)c1ccc2occcc1-2. The maximum absolute atomic E-state index is 12.5. The van der Waals surface area contributed by atoms with Crippen LogP contribution >= 0.6 is 0 Å². The maximum atomic E-state index is 12.5. The van der Waals surface area contributed by atoms with Gasteiger partial charge in [-0.3, -0.25) is 0 Å². The third kappa shape index (κ3) is 1.62. The van der Waals surface area contributed by atoms with E-state index in [-0.39, 0.29) is 4.90 Å². The summed E-state index contributed by atoms with van der Waals surface area (Å²) >= 11 is 0. The predicted octanol–water partition coefficient (Wildman–Crippen LogP) is 3.22. The van der Waals surface area contributed by atoms with Gasteiger partial charge in [0, 0.05) is 5.56 Å². The van der Waals surface area contributed by atoms with Crippen LogP contribution in [0.1, 0.15) is 0 Å². The van der Waals surface area contributed by atoms with Crippen molar-refractivity contribution in [1.29, 1.82) is 0 Å². The molecular formula is C14H10O3S. The van der Waals surface area contributed by atoms with Crippen molar-refractivity contribution in [2.24, 2.45) is 0 Å². The van der Waals surface area contributed by atoms with E-state index in [1.165, 1.54) is 6.26 Å². The average Bonchev–Trinajstić information content (AvgIpc) is 2.84. The Morgan fingerprint density at radius 1 is 0.833 bits per heavy atom. The number of benzene rings is 1. The van der Waals surface area contributed by atoms with Gasteiger partial charge < -0.3 is 4.42 Å². The molecule has 2 aliphatic rings. The summed E-state index contributed by atoms with van der Waals surface area (Å²) in [7, 11) is -3.48. The third-order valence-corrected chi connectivity index (χ3v) is 4.62. The Morgan fingerprint density at radius 3 is 2.39 bits per heavy atom. The van der Waals surface area contributed by atoms with Gasteiger partial charge in [-0.25, -0.2) is 8.42 Å². The van der Waals surface area contributed by atoms with Crippen molar-refractivity contribution in [1.82, 2.24) is 0 Å². The summed E-state index contributed by atoms with van der Waals surface area (Å²) in [6.45, 7) is 0. The third-order valence-electron chi connectivity index (χ3n) is 2.80. The molecule has 1 aliphatic heterocycles. The summed E-state index contributed by atoms with van der Waals surface area (Å²) in [5.74, 6) is 0.576. The molecule has 0 aromatic heterocycles. The van der Waals surface area contributed by atoms with Crippen molar-refractivity contribution in [2.45, 2.75) is 9.79 Å². The van der Waals surface area contributed by atoms with Crippen molar-refractivity contribution in [2.75, 3.05) is 0 Å². The van der Waals surface area contributed by atoms with E-state index >= 15 is 0 Å². The number of hydrogen-bond acceptors (Lipinski definition) is 3. The molecule has 1 aromatic rings. The first kappa shape index (κ1) is 11.0. The molecule has 0 bridgehead atoms. The van der Waals surface area contributed by atoms with Crippen LogP contribution in [0, 0.1) is 0 Å². The summed E-state index contributed by atoms with van der Waals surface area (Å²) in [6.07, 6.45) is 1.53. The number of hydrogen-bond donors (Lipinski definition) is 0. The Kier molecular flexibility index (Phi) is 2.45. The standard InChI is InChI=1S/C14H10O3S/c15-18(16,11-5-2-1-3-6-11)14-9-8-13-12(14)7-4-10-17-13/h1-10H. The highest BCUT2D eigenvalue weighted by molar-refractivity contribution is 7.91. The number of rotatable bonds is 2. The molecule has 0 unspecified atom stereocenters. The summed E-state index contributed by atoms with van der Waals surface area (Å²) in [5.41, 5.74) is 0.612. The molecule has 0 fully saturated rings. The Hall–Kier alpha value is -2.07. The first-order chi connectivity index (χ1) is 8.69. The van der Waals surface area contributed by atoms with Gasteiger partial charge in [0.25, 0.3) is 0 Å². The van der Waals surface area contributed by atoms with Gasteiger partial charge in [0.05, 0.1) is 16.1 Å². The molecule has 4 heteroatoms. The van der Waals surface area contributed by atoms with Crippen LogP contribution in [-0.2, 0) is 9.84 Å². The van der Waals surface area contributed by atoms with Gasteiger partial charge in [0.1, 0.15) is 5.76 Å². The van der Waals surface area contributed by atoms with E-state index in [0.29, 0.717) is 16.2 Å². The molecule has 0 saturated carbocycles. The molecule has 3 rings (SSSR count). The first-order valence-corrected chi connectivity index (χ1v) is 6.94. The van der Waals surface area contributed by atoms with Crippen molar-refractivity contribution in [3.63, 3.8) is 0 Å². The van der Waals surface area contributed by atoms with Crippen LogP contribution < -0.4 is 0 Å². The summed E-state index contributed by atoms with van der Waals surface area (Å²) < 4.78 is 30.2. The molecular weight excluding hydrogens is 248 g/mol. The summed E-state index contributed by atoms with van der Waals surface area (Å²) in [5, 5.41) is 0. The lowest BCUT2D eigenvalue weighted by Gasteiger charge is -2.05. The quantitative estimate of drug-likeness (QED) is 0.709. The van der Waals surface area contributed by atoms with Crippen LogP contribution in [0.15, 0.2) is 75.1 Å². The van der Waals surface area contributed by atoms with Gasteiger partial charge in [-0.15, -0.1) is 0 Å². The van der Waals surface area contributed by atoms with E-state index in [4.69, 9.17) is 4.42 Å². The lowest BCUT2D eigenvalue weighted by Crippen LogP contribution is -2.01. The van der Waals surface area contributed by atoms with Gasteiger partial charge in [0.15, 0.2) is 0 Å². The predicted molar refractivity (Wildman–Crippen MR) is 67.2 cm³/mol. The highest BCUT2D eigenvalue weighted by atomic mass is 32.2. The second-order valence-electron chi connectivity index (χ2n) is 3.91. The normalized spacial score (nSPS) is 11.8. The van der Waals surface area contributed by atoms with E-state index in [1.54, 1.807) is 54.6 Å². The Morgan fingerprint density at radius 2 is 1.61 bits per heavy atom. The Bertz CT molecular complexity index is 742. The Balaban J connectivity index is 2.22. The van der Waals surface area contributed by atoms with Crippen molar-refractivity contribution < 1.29 is 12.8 Å². The fourth-order valence-electron chi connectivity index (χ4n) is 1.93. The molecule has 0 radical (unpaired) electrons. The highest BCUT2D eigenvalue weighted by Crippen LogP contribution is 2.34. The fraction of sp³-hybridized carbons (Fsp3) is 0. The molecule has 0 atom stereocenters. The lowest BCUT2D eigenvalue weighted by molar-refractivity contribution is 0.565. The number of sulfone groups is 1. The zero-order valence-electron chi connectivity index (χ0n) is 9.41. The van der Waals surface area contributed by atoms with Gasteiger partial charge in [0.2, 0.25) is 9.84 Å². The topological polar surface area (TPSA) is 47.3 Å². The second-order valence-corrected chi connectivity index (χ2v) is 5.82. The zero-order valence-corrected chi connectivity index (χ0v) is 10.2. The van der Waals surface area contributed by atoms with Crippen LogP contribution in [0.5, 0.6) is 0 Å². The van der Waals surface area contributed by atoms with E-state index in [2.05, 4.69) is 0 Å². The van der Waals surface area contributed by atoms with Gasteiger partial charge in [-0.2, -0.15) is 0 Å². The number of fused-ring (bicyclic) bond motifs is 1. The minimum absolute atomic E-state index is 0.285. The molecule has 0 saturated heterocycles. The van der Waals surface area contributed by atoms with Crippen molar-refractivity contribution in [3.05, 3.63) is 60.9 Å². The van der Waals surface area contributed by atoms with E-state index in [9.17, 15) is 8.42 Å². The van der Waals surface area contributed by atoms with Crippen LogP contribution in [0.2, 0.25) is 0 Å². The molecule has 18 heavy (non-hydrogen) atoms. The molecule has 0 spiro atoms. The van der Waals surface area contributed by atoms with Crippen molar-refractivity contribution in [3.8, 4) is 11.3 Å². The molecule has 1 aromatic carbocycles.